The second-order valence-electron chi connectivity index (χ2n) is 4.01. The van der Waals surface area contributed by atoms with Crippen LogP contribution in [-0.4, -0.2) is 10.9 Å². The first-order valence-electron chi connectivity index (χ1n) is 5.64. The highest BCUT2D eigenvalue weighted by Crippen LogP contribution is 2.33. The summed E-state index contributed by atoms with van der Waals surface area (Å²) in [5, 5.41) is 9.77. The zero-order valence-electron chi connectivity index (χ0n) is 10.1. The quantitative estimate of drug-likeness (QED) is 0.475. The van der Waals surface area contributed by atoms with Crippen molar-refractivity contribution in [3.63, 3.8) is 0 Å². The van der Waals surface area contributed by atoms with E-state index >= 15 is 0 Å². The molecule has 0 aliphatic carbocycles. The minimum atomic E-state index is -0.276. The number of ketones is 1. The molecule has 0 aromatic heterocycles. The summed E-state index contributed by atoms with van der Waals surface area (Å²) in [6, 6.07) is 9.51. The number of halogens is 3. The summed E-state index contributed by atoms with van der Waals surface area (Å²) in [7, 11) is 0. The molecule has 0 spiro atoms. The average Bonchev–Trinajstić information content (AvgIpc) is 2.44. The highest BCUT2D eigenvalue weighted by atomic mass is 35.5. The Labute approximate surface area is 131 Å². The molecule has 0 amide bonds. The molecule has 0 bridgehead atoms. The molecule has 0 radical (unpaired) electrons. The fourth-order valence-electron chi connectivity index (χ4n) is 1.56. The topological polar surface area (TPSA) is 37.3 Å². The van der Waals surface area contributed by atoms with Crippen LogP contribution in [0, 0.1) is 0 Å². The van der Waals surface area contributed by atoms with Gasteiger partial charge in [0, 0.05) is 5.56 Å². The van der Waals surface area contributed by atoms with Crippen molar-refractivity contribution < 1.29 is 9.90 Å². The van der Waals surface area contributed by atoms with Crippen LogP contribution in [0.4, 0.5) is 0 Å². The van der Waals surface area contributed by atoms with E-state index in [1.807, 2.05) is 0 Å². The molecule has 20 heavy (non-hydrogen) atoms. The van der Waals surface area contributed by atoms with Gasteiger partial charge in [-0.3, -0.25) is 4.79 Å². The summed E-state index contributed by atoms with van der Waals surface area (Å²) in [5.41, 5.74) is 1.07. The Kier molecular flexibility index (Phi) is 4.71. The third-order valence-corrected chi connectivity index (χ3v) is 3.91. The van der Waals surface area contributed by atoms with Gasteiger partial charge in [-0.1, -0.05) is 53.0 Å². The minimum absolute atomic E-state index is 0.138. The van der Waals surface area contributed by atoms with Crippen molar-refractivity contribution in [1.29, 1.82) is 0 Å². The molecule has 1 N–H and O–H groups in total. The van der Waals surface area contributed by atoms with Crippen LogP contribution in [0.3, 0.4) is 0 Å². The van der Waals surface area contributed by atoms with E-state index in [4.69, 9.17) is 39.9 Å². The summed E-state index contributed by atoms with van der Waals surface area (Å²) in [6.07, 6.45) is 3.01. The van der Waals surface area contributed by atoms with Gasteiger partial charge in [-0.05, 0) is 35.9 Å². The van der Waals surface area contributed by atoms with Crippen LogP contribution in [0.15, 0.2) is 42.5 Å². The van der Waals surface area contributed by atoms with Crippen LogP contribution in [0.1, 0.15) is 15.9 Å². The van der Waals surface area contributed by atoms with Crippen LogP contribution in [0.5, 0.6) is 5.75 Å². The summed E-state index contributed by atoms with van der Waals surface area (Å²) in [6.45, 7) is 0. The van der Waals surface area contributed by atoms with E-state index in [2.05, 4.69) is 0 Å². The summed E-state index contributed by atoms with van der Waals surface area (Å²) < 4.78 is 0. The third kappa shape index (κ3) is 3.34. The fourth-order valence-corrected chi connectivity index (χ4v) is 2.19. The maximum atomic E-state index is 12.0. The lowest BCUT2D eigenvalue weighted by Crippen LogP contribution is -1.96. The zero-order valence-corrected chi connectivity index (χ0v) is 12.4. The number of carbonyl (C=O) groups is 1. The smallest absolute Gasteiger partial charge is 0.187 e. The van der Waals surface area contributed by atoms with Gasteiger partial charge in [-0.15, -0.1) is 0 Å². The summed E-state index contributed by atoms with van der Waals surface area (Å²) in [4.78, 5) is 12.0. The van der Waals surface area contributed by atoms with Gasteiger partial charge < -0.3 is 5.11 Å². The van der Waals surface area contributed by atoms with Gasteiger partial charge in [-0.2, -0.15) is 0 Å². The first-order chi connectivity index (χ1) is 9.49. The van der Waals surface area contributed by atoms with Crippen LogP contribution >= 0.6 is 34.8 Å². The molecule has 2 rings (SSSR count). The molecule has 2 aromatic carbocycles. The molecule has 5 heteroatoms. The Balaban J connectivity index is 2.24. The van der Waals surface area contributed by atoms with Gasteiger partial charge >= 0.3 is 0 Å². The second-order valence-corrected chi connectivity index (χ2v) is 5.18. The lowest BCUT2D eigenvalue weighted by atomic mass is 10.1. The summed E-state index contributed by atoms with van der Waals surface area (Å²) >= 11 is 17.7. The average molecular weight is 328 g/mol. The number of phenolic OH excluding ortho intramolecular Hbond substituents is 1. The Hall–Kier alpha value is -1.48. The number of allylic oxidation sites excluding steroid dienone is 1. The number of phenols is 1. The lowest BCUT2D eigenvalue weighted by molar-refractivity contribution is 0.104. The van der Waals surface area contributed by atoms with Crippen molar-refractivity contribution in [3.05, 3.63) is 68.7 Å². The van der Waals surface area contributed by atoms with Crippen LogP contribution in [0.25, 0.3) is 6.08 Å². The predicted molar refractivity (Wildman–Crippen MR) is 82.9 cm³/mol. The van der Waals surface area contributed by atoms with Crippen LogP contribution < -0.4 is 0 Å². The molecular formula is C15H9Cl3O2. The van der Waals surface area contributed by atoms with Crippen molar-refractivity contribution in [3.8, 4) is 5.75 Å². The van der Waals surface area contributed by atoms with Gasteiger partial charge in [0.25, 0.3) is 0 Å². The maximum absolute atomic E-state index is 12.0. The monoisotopic (exact) mass is 326 g/mol. The number of carbonyl (C=O) groups excluding carboxylic acids is 1. The zero-order chi connectivity index (χ0) is 14.7. The molecule has 0 saturated heterocycles. The Morgan fingerprint density at radius 1 is 0.950 bits per heavy atom. The van der Waals surface area contributed by atoms with Gasteiger partial charge in [0.2, 0.25) is 0 Å². The molecular weight excluding hydrogens is 319 g/mol. The molecule has 0 aliphatic heterocycles. The first kappa shape index (κ1) is 14.9. The van der Waals surface area contributed by atoms with E-state index in [-0.39, 0.29) is 27.1 Å². The van der Waals surface area contributed by atoms with E-state index in [0.717, 1.165) is 5.56 Å². The molecule has 0 aliphatic rings. The van der Waals surface area contributed by atoms with E-state index in [1.165, 1.54) is 30.3 Å². The van der Waals surface area contributed by atoms with Crippen molar-refractivity contribution in [1.82, 2.24) is 0 Å². The van der Waals surface area contributed by atoms with Crippen molar-refractivity contribution >= 4 is 46.7 Å². The first-order valence-corrected chi connectivity index (χ1v) is 6.77. The number of aromatic hydroxyl groups is 1. The van der Waals surface area contributed by atoms with Gasteiger partial charge in [0.05, 0.1) is 15.1 Å². The van der Waals surface area contributed by atoms with E-state index in [0.29, 0.717) is 5.02 Å². The Morgan fingerprint density at radius 3 is 2.25 bits per heavy atom. The minimum Gasteiger partial charge on any atom is -0.508 e. The largest absolute Gasteiger partial charge is 0.508 e. The standard InChI is InChI=1S/C15H9Cl3O2/c16-12-7-6-11(14(17)15(12)18)13(20)8-3-9-1-4-10(19)5-2-9/h1-8,19H/b8-3+. The SMILES string of the molecule is O=C(/C=C/c1ccc(O)cc1)c1ccc(Cl)c(Cl)c1Cl. The van der Waals surface area contributed by atoms with Crippen LogP contribution in [0.2, 0.25) is 15.1 Å². The van der Waals surface area contributed by atoms with Gasteiger partial charge in [-0.25, -0.2) is 0 Å². The van der Waals surface area contributed by atoms with Crippen molar-refractivity contribution in [2.45, 2.75) is 0 Å². The van der Waals surface area contributed by atoms with Crippen LogP contribution in [-0.2, 0) is 0 Å². The molecule has 0 unspecified atom stereocenters. The summed E-state index contributed by atoms with van der Waals surface area (Å²) in [5.74, 6) is -0.109. The fraction of sp³-hybridized carbons (Fsp3) is 0. The number of hydrogen-bond acceptors (Lipinski definition) is 2. The molecule has 2 aromatic rings. The number of hydrogen-bond donors (Lipinski definition) is 1. The maximum Gasteiger partial charge on any atom is 0.187 e. The predicted octanol–water partition coefficient (Wildman–Crippen LogP) is 5.25. The number of benzene rings is 2. The van der Waals surface area contributed by atoms with Crippen molar-refractivity contribution in [2.75, 3.05) is 0 Å². The molecule has 0 heterocycles. The van der Waals surface area contributed by atoms with Crippen molar-refractivity contribution in [2.24, 2.45) is 0 Å². The lowest BCUT2D eigenvalue weighted by Gasteiger charge is -2.03. The van der Waals surface area contributed by atoms with E-state index in [9.17, 15) is 4.79 Å². The number of rotatable bonds is 3. The molecule has 0 atom stereocenters. The normalized spacial score (nSPS) is 10.9. The molecule has 2 nitrogen and oxygen atoms in total. The second kappa shape index (κ2) is 6.31. The van der Waals surface area contributed by atoms with Gasteiger partial charge in [0.1, 0.15) is 5.75 Å². The Morgan fingerprint density at radius 2 is 1.60 bits per heavy atom. The van der Waals surface area contributed by atoms with E-state index < -0.39 is 0 Å². The molecule has 102 valence electrons. The van der Waals surface area contributed by atoms with E-state index in [1.54, 1.807) is 18.2 Å². The highest BCUT2D eigenvalue weighted by molar-refractivity contribution is 6.49. The third-order valence-electron chi connectivity index (χ3n) is 2.62. The molecule has 0 fully saturated rings. The highest BCUT2D eigenvalue weighted by Gasteiger charge is 2.12. The Bertz CT molecular complexity index is 676. The molecule has 0 saturated carbocycles. The van der Waals surface area contributed by atoms with Gasteiger partial charge in [0.15, 0.2) is 5.78 Å².